The summed E-state index contributed by atoms with van der Waals surface area (Å²) >= 11 is 2.98. The van der Waals surface area contributed by atoms with E-state index >= 15 is 0 Å². The van der Waals surface area contributed by atoms with Gasteiger partial charge in [0.05, 0.1) is 24.1 Å². The van der Waals surface area contributed by atoms with Crippen molar-refractivity contribution in [3.05, 3.63) is 32.7 Å². The van der Waals surface area contributed by atoms with Gasteiger partial charge in [0.25, 0.3) is 0 Å². The molecule has 2 aromatic heterocycles. The largest absolute Gasteiger partial charge is 0.469 e. The maximum atomic E-state index is 13.3. The Balaban J connectivity index is 2.00. The van der Waals surface area contributed by atoms with Crippen molar-refractivity contribution in [2.24, 2.45) is 5.92 Å². The number of nitrogens with one attached hydrogen (secondary N) is 1. The SMILES string of the molecule is COC(=O)[C@H]1C[C@@](Cc2nccs2)(C(=O)OC(C)(C)C)N[C@H]1c1ncc(C)s1. The molecule has 2 aromatic rings. The Labute approximate surface area is 172 Å². The predicted molar refractivity (Wildman–Crippen MR) is 107 cm³/mol. The lowest BCUT2D eigenvalue weighted by atomic mass is 9.88. The van der Waals surface area contributed by atoms with Crippen LogP contribution in [0.5, 0.6) is 0 Å². The van der Waals surface area contributed by atoms with Gasteiger partial charge in [-0.25, -0.2) is 9.97 Å². The Morgan fingerprint density at radius 1 is 1.36 bits per heavy atom. The van der Waals surface area contributed by atoms with Crippen molar-refractivity contribution in [3.63, 3.8) is 0 Å². The van der Waals surface area contributed by atoms with Gasteiger partial charge in [0.1, 0.15) is 16.1 Å². The van der Waals surface area contributed by atoms with E-state index in [2.05, 4.69) is 15.3 Å². The molecule has 0 amide bonds. The topological polar surface area (TPSA) is 90.4 Å². The first kappa shape index (κ1) is 20.9. The van der Waals surface area contributed by atoms with Gasteiger partial charge in [-0.05, 0) is 34.1 Å². The highest BCUT2D eigenvalue weighted by atomic mass is 32.1. The molecule has 9 heteroatoms. The molecule has 1 saturated heterocycles. The molecule has 0 radical (unpaired) electrons. The summed E-state index contributed by atoms with van der Waals surface area (Å²) in [5, 5.41) is 6.83. The van der Waals surface area contributed by atoms with Crippen LogP contribution in [0.1, 0.15) is 48.1 Å². The maximum Gasteiger partial charge on any atom is 0.327 e. The molecule has 0 spiro atoms. The van der Waals surface area contributed by atoms with Crippen molar-refractivity contribution in [2.75, 3.05) is 7.11 Å². The third-order valence-electron chi connectivity index (χ3n) is 4.54. The number of hydrogen-bond acceptors (Lipinski definition) is 9. The highest BCUT2D eigenvalue weighted by Gasteiger charge is 2.55. The fourth-order valence-corrected chi connectivity index (χ4v) is 5.00. The Morgan fingerprint density at radius 3 is 2.64 bits per heavy atom. The fourth-order valence-electron chi connectivity index (χ4n) is 3.38. The Kier molecular flexibility index (Phi) is 5.88. The zero-order valence-electron chi connectivity index (χ0n) is 16.6. The summed E-state index contributed by atoms with van der Waals surface area (Å²) in [6.07, 6.45) is 4.08. The number of aryl methyl sites for hydroxylation is 1. The van der Waals surface area contributed by atoms with Gasteiger partial charge < -0.3 is 9.47 Å². The predicted octanol–water partition coefficient (Wildman–Crippen LogP) is 3.05. The van der Waals surface area contributed by atoms with Gasteiger partial charge in [-0.2, -0.15) is 0 Å². The molecule has 28 heavy (non-hydrogen) atoms. The second kappa shape index (κ2) is 7.88. The molecular weight excluding hydrogens is 398 g/mol. The highest BCUT2D eigenvalue weighted by molar-refractivity contribution is 7.11. The molecule has 1 aliphatic heterocycles. The van der Waals surface area contributed by atoms with Crippen LogP contribution in [0.3, 0.4) is 0 Å². The average molecular weight is 424 g/mol. The summed E-state index contributed by atoms with van der Waals surface area (Å²) in [6.45, 7) is 7.45. The van der Waals surface area contributed by atoms with Crippen LogP contribution in [0.4, 0.5) is 0 Å². The Hall–Kier alpha value is -1.84. The van der Waals surface area contributed by atoms with Crippen LogP contribution in [-0.2, 0) is 25.5 Å². The van der Waals surface area contributed by atoms with E-state index in [1.54, 1.807) is 12.4 Å². The highest BCUT2D eigenvalue weighted by Crippen LogP contribution is 2.43. The molecular formula is C19H25N3O4S2. The summed E-state index contributed by atoms with van der Waals surface area (Å²) in [5.74, 6) is -1.29. The average Bonchev–Trinajstić information content (AvgIpc) is 3.33. The molecule has 7 nitrogen and oxygen atoms in total. The van der Waals surface area contributed by atoms with Gasteiger partial charge >= 0.3 is 11.9 Å². The normalized spacial score (nSPS) is 24.9. The van der Waals surface area contributed by atoms with Crippen molar-refractivity contribution < 1.29 is 19.1 Å². The van der Waals surface area contributed by atoms with Crippen molar-refractivity contribution in [1.82, 2.24) is 15.3 Å². The number of carbonyl (C=O) groups is 2. The van der Waals surface area contributed by atoms with Crippen LogP contribution < -0.4 is 5.32 Å². The van der Waals surface area contributed by atoms with Crippen LogP contribution in [0.15, 0.2) is 17.8 Å². The van der Waals surface area contributed by atoms with Gasteiger partial charge in [-0.15, -0.1) is 22.7 Å². The third-order valence-corrected chi connectivity index (χ3v) is 6.31. The van der Waals surface area contributed by atoms with E-state index in [1.807, 2.05) is 33.1 Å². The lowest BCUT2D eigenvalue weighted by Crippen LogP contribution is -2.52. The van der Waals surface area contributed by atoms with Gasteiger partial charge in [-0.1, -0.05) is 0 Å². The maximum absolute atomic E-state index is 13.3. The Morgan fingerprint density at radius 2 is 2.11 bits per heavy atom. The first-order valence-electron chi connectivity index (χ1n) is 9.03. The van der Waals surface area contributed by atoms with Crippen LogP contribution in [0.2, 0.25) is 0 Å². The van der Waals surface area contributed by atoms with E-state index in [-0.39, 0.29) is 18.4 Å². The number of esters is 2. The molecule has 0 aliphatic carbocycles. The van der Waals surface area contributed by atoms with Gasteiger partial charge in [0, 0.05) is 29.1 Å². The molecule has 0 saturated carbocycles. The van der Waals surface area contributed by atoms with Crippen LogP contribution in [-0.4, -0.2) is 40.2 Å². The second-order valence-corrected chi connectivity index (χ2v) is 10.2. The lowest BCUT2D eigenvalue weighted by Gasteiger charge is -2.31. The minimum absolute atomic E-state index is 0.261. The number of methoxy groups -OCH3 is 1. The molecule has 3 rings (SSSR count). The van der Waals surface area contributed by atoms with Crippen LogP contribution in [0, 0.1) is 12.8 Å². The standard InChI is InChI=1S/C19H25N3O4S2/c1-11-10-21-15(28-11)14-12(16(23)25-5)8-19(22-14,9-13-20-6-7-27-13)17(24)26-18(2,3)4/h6-7,10,12,14,22H,8-9H2,1-5H3/t12-,14+,19+/m0/s1. The molecule has 3 heterocycles. The summed E-state index contributed by atoms with van der Waals surface area (Å²) < 4.78 is 10.8. The number of hydrogen-bond donors (Lipinski definition) is 1. The van der Waals surface area contributed by atoms with E-state index in [0.717, 1.165) is 14.9 Å². The van der Waals surface area contributed by atoms with E-state index < -0.39 is 23.1 Å². The quantitative estimate of drug-likeness (QED) is 0.739. The zero-order valence-corrected chi connectivity index (χ0v) is 18.3. The molecule has 1 fully saturated rings. The van der Waals surface area contributed by atoms with Crippen LogP contribution >= 0.6 is 22.7 Å². The van der Waals surface area contributed by atoms with E-state index in [9.17, 15) is 9.59 Å². The number of ether oxygens (including phenoxy) is 2. The molecule has 3 atom stereocenters. The van der Waals surface area contributed by atoms with Crippen molar-refractivity contribution in [3.8, 4) is 0 Å². The lowest BCUT2D eigenvalue weighted by molar-refractivity contribution is -0.163. The minimum atomic E-state index is -1.08. The monoisotopic (exact) mass is 423 g/mol. The number of nitrogens with zero attached hydrogens (tertiary/aromatic N) is 2. The van der Waals surface area contributed by atoms with Gasteiger partial charge in [0.2, 0.25) is 0 Å². The first-order valence-corrected chi connectivity index (χ1v) is 10.7. The molecule has 0 unspecified atom stereocenters. The van der Waals surface area contributed by atoms with Gasteiger partial charge in [0.15, 0.2) is 0 Å². The van der Waals surface area contributed by atoms with Crippen molar-refractivity contribution >= 4 is 34.6 Å². The first-order chi connectivity index (χ1) is 13.1. The minimum Gasteiger partial charge on any atom is -0.469 e. The molecule has 1 aliphatic rings. The van der Waals surface area contributed by atoms with E-state index in [0.29, 0.717) is 6.42 Å². The van der Waals surface area contributed by atoms with Crippen molar-refractivity contribution in [2.45, 2.75) is 57.7 Å². The molecule has 152 valence electrons. The molecule has 0 aromatic carbocycles. The molecule has 0 bridgehead atoms. The number of carbonyl (C=O) groups excluding carboxylic acids is 2. The number of aromatic nitrogens is 2. The molecule has 1 N–H and O–H groups in total. The smallest absolute Gasteiger partial charge is 0.327 e. The zero-order chi connectivity index (χ0) is 20.5. The van der Waals surface area contributed by atoms with E-state index in [4.69, 9.17) is 9.47 Å². The van der Waals surface area contributed by atoms with Crippen molar-refractivity contribution in [1.29, 1.82) is 0 Å². The third kappa shape index (κ3) is 4.42. The van der Waals surface area contributed by atoms with Gasteiger partial charge in [-0.3, -0.25) is 14.9 Å². The fraction of sp³-hybridized carbons (Fsp3) is 0.579. The second-order valence-electron chi connectivity index (χ2n) is 7.95. The van der Waals surface area contributed by atoms with Crippen LogP contribution in [0.25, 0.3) is 0 Å². The number of rotatable bonds is 5. The van der Waals surface area contributed by atoms with E-state index in [1.165, 1.54) is 29.8 Å². The summed E-state index contributed by atoms with van der Waals surface area (Å²) in [6, 6.07) is -0.418. The summed E-state index contributed by atoms with van der Waals surface area (Å²) in [4.78, 5) is 35.6. The number of thiazole rings is 2. The Bertz CT molecular complexity index is 844. The summed E-state index contributed by atoms with van der Waals surface area (Å²) in [7, 11) is 1.36. The summed E-state index contributed by atoms with van der Waals surface area (Å²) in [5.41, 5.74) is -1.72.